The molecule has 0 bridgehead atoms. The van der Waals surface area contributed by atoms with Crippen LogP contribution in [0.5, 0.6) is 0 Å². The molecule has 0 saturated carbocycles. The van der Waals surface area contributed by atoms with Gasteiger partial charge in [-0.15, -0.1) is 5.10 Å². The zero-order chi connectivity index (χ0) is 28.1. The number of anilines is 2. The Morgan fingerprint density at radius 2 is 1.70 bits per heavy atom. The zero-order valence-corrected chi connectivity index (χ0v) is 23.6. The van der Waals surface area contributed by atoms with Crippen LogP contribution in [0.25, 0.3) is 5.65 Å². The number of aryl methyl sites for hydroxylation is 1. The van der Waals surface area contributed by atoms with Crippen molar-refractivity contribution in [3.05, 3.63) is 89.2 Å². The van der Waals surface area contributed by atoms with Gasteiger partial charge in [-0.2, -0.15) is 0 Å². The van der Waals surface area contributed by atoms with Crippen LogP contribution < -0.4 is 10.2 Å². The number of nitrogens with one attached hydrogen (secondary N) is 1. The third-order valence-corrected chi connectivity index (χ3v) is 7.69. The monoisotopic (exact) mass is 541 g/mol. The van der Waals surface area contributed by atoms with E-state index in [9.17, 15) is 9.90 Å². The van der Waals surface area contributed by atoms with Gasteiger partial charge in [0.25, 0.3) is 0 Å². The highest BCUT2D eigenvalue weighted by Gasteiger charge is 2.27. The van der Waals surface area contributed by atoms with Crippen LogP contribution in [0.1, 0.15) is 61.7 Å². The van der Waals surface area contributed by atoms with E-state index in [4.69, 9.17) is 14.8 Å². The Labute approximate surface area is 236 Å². The number of rotatable bonds is 11. The van der Waals surface area contributed by atoms with Crippen molar-refractivity contribution in [1.29, 1.82) is 0 Å². The lowest BCUT2D eigenvalue weighted by atomic mass is 10.00. The average Bonchev–Trinajstić information content (AvgIpc) is 3.29. The number of ether oxygens (including phenoxy) is 1. The van der Waals surface area contributed by atoms with Gasteiger partial charge < -0.3 is 20.1 Å². The van der Waals surface area contributed by atoms with Gasteiger partial charge in [0.2, 0.25) is 0 Å². The number of fused-ring (bicyclic) bond motifs is 1. The summed E-state index contributed by atoms with van der Waals surface area (Å²) in [5.41, 5.74) is 5.77. The van der Waals surface area contributed by atoms with Gasteiger partial charge in [-0.3, -0.25) is 4.79 Å². The van der Waals surface area contributed by atoms with Gasteiger partial charge in [0.05, 0.1) is 29.1 Å². The quantitative estimate of drug-likeness (QED) is 0.244. The Morgan fingerprint density at radius 3 is 2.27 bits per heavy atom. The predicted octanol–water partition coefficient (Wildman–Crippen LogP) is 5.90. The maximum absolute atomic E-state index is 11.4. The Hall–Kier alpha value is -3.91. The molecule has 0 amide bonds. The summed E-state index contributed by atoms with van der Waals surface area (Å²) in [6, 6.07) is 23.0. The van der Waals surface area contributed by atoms with E-state index < -0.39 is 11.9 Å². The second-order valence-corrected chi connectivity index (χ2v) is 10.7. The minimum atomic E-state index is -0.817. The minimum absolute atomic E-state index is 0.0988. The van der Waals surface area contributed by atoms with E-state index in [1.54, 1.807) is 6.92 Å². The first-order chi connectivity index (χ1) is 19.4. The Kier molecular flexibility index (Phi) is 8.65. The SMILES string of the molecule is CCCNc1nn2c(C)c(CC(C)C(=O)O)nc2cc1N1CCC(OC(c2ccccc2)c2ccccc2)CC1. The molecule has 3 heterocycles. The van der Waals surface area contributed by atoms with Gasteiger partial charge in [0, 0.05) is 32.1 Å². The number of piperidine rings is 1. The molecule has 1 atom stereocenters. The number of imidazole rings is 1. The number of aliphatic carboxylic acids is 1. The number of carbonyl (C=O) groups is 1. The molecule has 5 rings (SSSR count). The summed E-state index contributed by atoms with van der Waals surface area (Å²) in [6.07, 6.45) is 3.22. The third kappa shape index (κ3) is 6.12. The van der Waals surface area contributed by atoms with E-state index in [1.165, 1.54) is 11.1 Å². The standard InChI is InChI=1S/C32H39N5O3/c1-4-17-33-31-28(21-29-34-27(20-22(2)32(38)39)23(3)37(29)35-31)36-18-15-26(16-19-36)40-30(24-11-7-5-8-12-24)25-13-9-6-10-14-25/h5-14,21-22,26,30H,4,15-20H2,1-3H3,(H,33,35)(H,38,39). The van der Waals surface area contributed by atoms with Gasteiger partial charge in [-0.25, -0.2) is 9.50 Å². The minimum Gasteiger partial charge on any atom is -0.481 e. The van der Waals surface area contributed by atoms with Crippen molar-refractivity contribution in [1.82, 2.24) is 14.6 Å². The van der Waals surface area contributed by atoms with Crippen LogP contribution in [0.4, 0.5) is 11.5 Å². The van der Waals surface area contributed by atoms with E-state index in [2.05, 4.69) is 71.7 Å². The molecule has 2 aromatic carbocycles. The lowest BCUT2D eigenvalue weighted by Crippen LogP contribution is -2.38. The Bertz CT molecular complexity index is 1380. The van der Waals surface area contributed by atoms with Crippen molar-refractivity contribution in [2.24, 2.45) is 5.92 Å². The number of nitrogens with zero attached hydrogens (tertiary/aromatic N) is 4. The van der Waals surface area contributed by atoms with Crippen molar-refractivity contribution >= 4 is 23.1 Å². The molecule has 8 nitrogen and oxygen atoms in total. The Morgan fingerprint density at radius 1 is 1.07 bits per heavy atom. The second-order valence-electron chi connectivity index (χ2n) is 10.7. The third-order valence-electron chi connectivity index (χ3n) is 7.69. The van der Waals surface area contributed by atoms with Crippen LogP contribution in [-0.2, 0) is 16.0 Å². The van der Waals surface area contributed by atoms with Gasteiger partial charge in [0.15, 0.2) is 11.5 Å². The number of carboxylic acids is 1. The molecule has 8 heteroatoms. The maximum atomic E-state index is 11.4. The fourth-order valence-electron chi connectivity index (χ4n) is 5.33. The molecule has 4 aromatic rings. The van der Waals surface area contributed by atoms with Crippen molar-refractivity contribution < 1.29 is 14.6 Å². The topological polar surface area (TPSA) is 92.0 Å². The first kappa shape index (κ1) is 27.6. The zero-order valence-electron chi connectivity index (χ0n) is 23.6. The summed E-state index contributed by atoms with van der Waals surface area (Å²) in [7, 11) is 0. The highest BCUT2D eigenvalue weighted by Crippen LogP contribution is 2.33. The number of carboxylic acid groups (broad SMARTS) is 1. The molecule has 0 aliphatic carbocycles. The fraction of sp³-hybridized carbons (Fsp3) is 0.406. The second kappa shape index (κ2) is 12.5. The van der Waals surface area contributed by atoms with Crippen LogP contribution in [-0.4, -0.2) is 51.4 Å². The molecule has 210 valence electrons. The van der Waals surface area contributed by atoms with E-state index in [1.807, 2.05) is 23.6 Å². The number of aromatic nitrogens is 3. The molecule has 1 unspecified atom stereocenters. The lowest BCUT2D eigenvalue weighted by molar-refractivity contribution is -0.141. The molecule has 0 spiro atoms. The van der Waals surface area contributed by atoms with Crippen LogP contribution in [0.2, 0.25) is 0 Å². The Balaban J connectivity index is 1.35. The molecule has 2 aromatic heterocycles. The molecule has 1 fully saturated rings. The maximum Gasteiger partial charge on any atom is 0.306 e. The molecule has 0 radical (unpaired) electrons. The van der Waals surface area contributed by atoms with Crippen molar-refractivity contribution in [3.63, 3.8) is 0 Å². The number of hydrogen-bond donors (Lipinski definition) is 2. The first-order valence-electron chi connectivity index (χ1n) is 14.3. The highest BCUT2D eigenvalue weighted by atomic mass is 16.5. The van der Waals surface area contributed by atoms with E-state index in [0.717, 1.165) is 67.4 Å². The van der Waals surface area contributed by atoms with Crippen LogP contribution in [0, 0.1) is 12.8 Å². The van der Waals surface area contributed by atoms with Gasteiger partial charge >= 0.3 is 5.97 Å². The van der Waals surface area contributed by atoms with Crippen LogP contribution in [0.15, 0.2) is 66.7 Å². The van der Waals surface area contributed by atoms with Gasteiger partial charge in [-0.1, -0.05) is 74.5 Å². The van der Waals surface area contributed by atoms with E-state index in [0.29, 0.717) is 6.42 Å². The summed E-state index contributed by atoms with van der Waals surface area (Å²) in [5.74, 6) is -0.490. The lowest BCUT2D eigenvalue weighted by Gasteiger charge is -2.36. The molecular formula is C32H39N5O3. The van der Waals surface area contributed by atoms with Crippen molar-refractivity contribution in [3.8, 4) is 0 Å². The fourth-order valence-corrected chi connectivity index (χ4v) is 5.33. The normalized spacial score (nSPS) is 15.1. The van der Waals surface area contributed by atoms with E-state index in [-0.39, 0.29) is 12.2 Å². The van der Waals surface area contributed by atoms with Gasteiger partial charge in [-0.05, 0) is 37.3 Å². The summed E-state index contributed by atoms with van der Waals surface area (Å²) in [4.78, 5) is 18.6. The average molecular weight is 542 g/mol. The highest BCUT2D eigenvalue weighted by molar-refractivity contribution is 5.71. The van der Waals surface area contributed by atoms with Crippen LogP contribution in [0.3, 0.4) is 0 Å². The summed E-state index contributed by atoms with van der Waals surface area (Å²) in [6.45, 7) is 8.32. The molecule has 2 N–H and O–H groups in total. The number of hydrogen-bond acceptors (Lipinski definition) is 6. The predicted molar refractivity (Wildman–Crippen MR) is 158 cm³/mol. The molecule has 1 saturated heterocycles. The molecule has 1 aliphatic rings. The molecule has 1 aliphatic heterocycles. The first-order valence-corrected chi connectivity index (χ1v) is 14.3. The molecular weight excluding hydrogens is 502 g/mol. The van der Waals surface area contributed by atoms with Gasteiger partial charge in [0.1, 0.15) is 6.10 Å². The van der Waals surface area contributed by atoms with Crippen molar-refractivity contribution in [2.45, 2.75) is 58.7 Å². The van der Waals surface area contributed by atoms with Crippen molar-refractivity contribution in [2.75, 3.05) is 29.9 Å². The number of benzene rings is 2. The summed E-state index contributed by atoms with van der Waals surface area (Å²) in [5, 5.41) is 17.8. The summed E-state index contributed by atoms with van der Waals surface area (Å²) < 4.78 is 8.60. The smallest absolute Gasteiger partial charge is 0.306 e. The van der Waals surface area contributed by atoms with E-state index >= 15 is 0 Å². The largest absolute Gasteiger partial charge is 0.481 e. The summed E-state index contributed by atoms with van der Waals surface area (Å²) >= 11 is 0. The van der Waals surface area contributed by atoms with Crippen LogP contribution >= 0.6 is 0 Å². The molecule has 40 heavy (non-hydrogen) atoms.